The van der Waals surface area contributed by atoms with Crippen molar-refractivity contribution < 1.29 is 5.11 Å². The molecule has 1 aromatic rings. The lowest BCUT2D eigenvalue weighted by Crippen LogP contribution is -1.91. The largest absolute Gasteiger partial charge is 0.384 e. The van der Waals surface area contributed by atoms with Crippen LogP contribution in [-0.4, -0.2) is 5.11 Å². The second kappa shape index (κ2) is 4.66. The second-order valence-electron chi connectivity index (χ2n) is 2.98. The van der Waals surface area contributed by atoms with Crippen molar-refractivity contribution in [2.45, 2.75) is 20.0 Å². The third-order valence-corrected chi connectivity index (χ3v) is 1.84. The summed E-state index contributed by atoms with van der Waals surface area (Å²) in [5.41, 5.74) is 4.96. The molecule has 0 heterocycles. The molecule has 1 N–H and O–H groups in total. The van der Waals surface area contributed by atoms with Crippen molar-refractivity contribution in [2.75, 3.05) is 0 Å². The van der Waals surface area contributed by atoms with Gasteiger partial charge in [-0.05, 0) is 31.6 Å². The summed E-state index contributed by atoms with van der Waals surface area (Å²) in [6.07, 6.45) is 2.87. The Morgan fingerprint density at radius 3 is 2.46 bits per heavy atom. The maximum absolute atomic E-state index is 9.60. The fourth-order valence-electron chi connectivity index (χ4n) is 1.05. The fourth-order valence-corrected chi connectivity index (χ4v) is 1.05. The van der Waals surface area contributed by atoms with Crippen LogP contribution in [0.25, 0.3) is 0 Å². The molecular formula is C12H14O. The maximum atomic E-state index is 9.60. The van der Waals surface area contributed by atoms with E-state index in [1.807, 2.05) is 38.1 Å². The van der Waals surface area contributed by atoms with Crippen LogP contribution in [0.1, 0.15) is 24.2 Å². The Hall–Kier alpha value is -1.30. The number of aliphatic hydroxyl groups is 1. The zero-order valence-electron chi connectivity index (χ0n) is 7.99. The number of hydrogen-bond acceptors (Lipinski definition) is 1. The molecular weight excluding hydrogens is 160 g/mol. The molecule has 0 fully saturated rings. The van der Waals surface area contributed by atoms with Crippen molar-refractivity contribution in [2.24, 2.45) is 0 Å². The molecule has 1 unspecified atom stereocenters. The van der Waals surface area contributed by atoms with Crippen LogP contribution in [0.5, 0.6) is 0 Å². The molecule has 0 aliphatic carbocycles. The molecule has 0 radical (unpaired) electrons. The first kappa shape index (κ1) is 9.79. The van der Waals surface area contributed by atoms with Crippen molar-refractivity contribution in [1.29, 1.82) is 0 Å². The Labute approximate surface area is 79.0 Å². The first-order valence-electron chi connectivity index (χ1n) is 4.36. The van der Waals surface area contributed by atoms with Gasteiger partial charge in [0.2, 0.25) is 0 Å². The normalized spacial score (nSPS) is 11.6. The summed E-state index contributed by atoms with van der Waals surface area (Å²) in [5.74, 6) is 0. The number of aryl methyl sites for hydroxylation is 1. The van der Waals surface area contributed by atoms with Gasteiger partial charge >= 0.3 is 0 Å². The van der Waals surface area contributed by atoms with Gasteiger partial charge in [-0.25, -0.2) is 0 Å². The number of hydrogen-bond donors (Lipinski definition) is 1. The zero-order valence-corrected chi connectivity index (χ0v) is 7.99. The van der Waals surface area contributed by atoms with Crippen molar-refractivity contribution in [3.63, 3.8) is 0 Å². The lowest BCUT2D eigenvalue weighted by molar-refractivity contribution is 0.229. The highest BCUT2D eigenvalue weighted by atomic mass is 16.3. The average Bonchev–Trinajstić information content (AvgIpc) is 2.15. The van der Waals surface area contributed by atoms with Gasteiger partial charge in [0, 0.05) is 0 Å². The van der Waals surface area contributed by atoms with E-state index in [0.717, 1.165) is 5.56 Å². The van der Waals surface area contributed by atoms with E-state index in [1.54, 1.807) is 12.2 Å². The molecule has 1 heteroatoms. The Morgan fingerprint density at radius 2 is 1.92 bits per heavy atom. The van der Waals surface area contributed by atoms with E-state index < -0.39 is 6.10 Å². The first-order chi connectivity index (χ1) is 6.24. The Balaban J connectivity index is 2.83. The number of benzene rings is 1. The maximum Gasteiger partial charge on any atom is 0.104 e. The van der Waals surface area contributed by atoms with E-state index in [9.17, 15) is 5.11 Å². The molecule has 1 nitrogen and oxygen atoms in total. The monoisotopic (exact) mass is 174 g/mol. The molecule has 1 atom stereocenters. The van der Waals surface area contributed by atoms with Crippen molar-refractivity contribution >= 4 is 0 Å². The zero-order chi connectivity index (χ0) is 9.68. The van der Waals surface area contributed by atoms with Gasteiger partial charge in [0.25, 0.3) is 0 Å². The molecule has 1 aromatic carbocycles. The minimum Gasteiger partial charge on any atom is -0.384 e. The summed E-state index contributed by atoms with van der Waals surface area (Å²) >= 11 is 0. The van der Waals surface area contributed by atoms with Gasteiger partial charge in [-0.15, -0.1) is 5.73 Å². The smallest absolute Gasteiger partial charge is 0.104 e. The van der Waals surface area contributed by atoms with E-state index in [4.69, 9.17) is 0 Å². The van der Waals surface area contributed by atoms with Crippen LogP contribution in [-0.2, 0) is 0 Å². The van der Waals surface area contributed by atoms with Crippen molar-refractivity contribution in [3.8, 4) is 0 Å². The summed E-state index contributed by atoms with van der Waals surface area (Å²) in [6.45, 7) is 3.90. The molecule has 0 aliphatic heterocycles. The molecule has 0 aliphatic rings. The predicted octanol–water partition coefficient (Wildman–Crippen LogP) is 2.76. The molecule has 0 spiro atoms. The van der Waals surface area contributed by atoms with Crippen LogP contribution < -0.4 is 0 Å². The van der Waals surface area contributed by atoms with Crippen molar-refractivity contribution in [1.82, 2.24) is 0 Å². The first-order valence-corrected chi connectivity index (χ1v) is 4.36. The lowest BCUT2D eigenvalue weighted by Gasteiger charge is -2.04. The Kier molecular flexibility index (Phi) is 3.51. The Bertz CT molecular complexity index is 315. The summed E-state index contributed by atoms with van der Waals surface area (Å²) in [7, 11) is 0. The van der Waals surface area contributed by atoms with Crippen molar-refractivity contribution in [3.05, 3.63) is 53.3 Å². The number of aliphatic hydroxyl groups excluding tert-OH is 1. The summed E-state index contributed by atoms with van der Waals surface area (Å²) in [5, 5.41) is 9.60. The topological polar surface area (TPSA) is 20.2 Å². The van der Waals surface area contributed by atoms with E-state index >= 15 is 0 Å². The predicted molar refractivity (Wildman–Crippen MR) is 54.5 cm³/mol. The van der Waals surface area contributed by atoms with Gasteiger partial charge in [-0.1, -0.05) is 29.8 Å². The van der Waals surface area contributed by atoms with Gasteiger partial charge < -0.3 is 5.11 Å². The average molecular weight is 174 g/mol. The minimum atomic E-state index is -0.545. The molecule has 1 rings (SSSR count). The molecule has 0 bridgehead atoms. The Morgan fingerprint density at radius 1 is 1.31 bits per heavy atom. The SMILES string of the molecule is CC=C=CC(O)c1ccc(C)cc1. The highest BCUT2D eigenvalue weighted by Crippen LogP contribution is 2.13. The van der Waals surface area contributed by atoms with E-state index in [0.29, 0.717) is 0 Å². The lowest BCUT2D eigenvalue weighted by atomic mass is 10.1. The minimum absolute atomic E-state index is 0.545. The standard InChI is InChI=1S/C12H14O/c1-3-4-5-12(13)11-8-6-10(2)7-9-11/h3,5-9,12-13H,1-2H3. The molecule has 0 saturated heterocycles. The number of rotatable bonds is 2. The third kappa shape index (κ3) is 2.90. The molecule has 68 valence electrons. The van der Waals surface area contributed by atoms with Gasteiger partial charge in [-0.3, -0.25) is 0 Å². The molecule has 0 aromatic heterocycles. The summed E-state index contributed by atoms with van der Waals surface area (Å²) in [4.78, 5) is 0. The van der Waals surface area contributed by atoms with Crippen LogP contribution >= 0.6 is 0 Å². The highest BCUT2D eigenvalue weighted by Gasteiger charge is 2.00. The second-order valence-corrected chi connectivity index (χ2v) is 2.98. The summed E-state index contributed by atoms with van der Waals surface area (Å²) in [6, 6.07) is 7.83. The van der Waals surface area contributed by atoms with Gasteiger partial charge in [0.1, 0.15) is 6.10 Å². The third-order valence-electron chi connectivity index (χ3n) is 1.84. The van der Waals surface area contributed by atoms with E-state index in [2.05, 4.69) is 5.73 Å². The van der Waals surface area contributed by atoms with E-state index in [1.165, 1.54) is 5.56 Å². The molecule has 0 amide bonds. The quantitative estimate of drug-likeness (QED) is 0.683. The fraction of sp³-hybridized carbons (Fsp3) is 0.250. The van der Waals surface area contributed by atoms with Gasteiger partial charge in [0.15, 0.2) is 0 Å². The van der Waals surface area contributed by atoms with E-state index in [-0.39, 0.29) is 0 Å². The van der Waals surface area contributed by atoms with Crippen LogP contribution in [0, 0.1) is 6.92 Å². The molecule has 13 heavy (non-hydrogen) atoms. The molecule has 0 saturated carbocycles. The van der Waals surface area contributed by atoms with Crippen LogP contribution in [0.3, 0.4) is 0 Å². The highest BCUT2D eigenvalue weighted by molar-refractivity contribution is 5.25. The van der Waals surface area contributed by atoms with Gasteiger partial charge in [0.05, 0.1) is 0 Å². The van der Waals surface area contributed by atoms with Crippen LogP contribution in [0.4, 0.5) is 0 Å². The van der Waals surface area contributed by atoms with Crippen LogP contribution in [0.2, 0.25) is 0 Å². The van der Waals surface area contributed by atoms with Crippen LogP contribution in [0.15, 0.2) is 42.1 Å². The van der Waals surface area contributed by atoms with Gasteiger partial charge in [-0.2, -0.15) is 0 Å². The summed E-state index contributed by atoms with van der Waals surface area (Å²) < 4.78 is 0.